The molecule has 9 nitrogen and oxygen atoms in total. The number of benzene rings is 1. The van der Waals surface area contributed by atoms with E-state index in [1.165, 1.54) is 7.11 Å². The minimum atomic E-state index is -0.264. The molecule has 10 heteroatoms. The summed E-state index contributed by atoms with van der Waals surface area (Å²) in [4.78, 5) is 28.1. The Morgan fingerprint density at radius 3 is 2.62 bits per heavy atom. The predicted molar refractivity (Wildman–Crippen MR) is 128 cm³/mol. The number of methoxy groups -OCH3 is 1. The second-order valence-corrected chi connectivity index (χ2v) is 9.21. The van der Waals surface area contributed by atoms with Crippen molar-refractivity contribution in [1.29, 1.82) is 0 Å². The van der Waals surface area contributed by atoms with Crippen LogP contribution in [0.1, 0.15) is 46.9 Å². The first-order chi connectivity index (χ1) is 16.4. The summed E-state index contributed by atoms with van der Waals surface area (Å²) in [5, 5.41) is 7.91. The Balaban J connectivity index is 1.18. The number of hydrogen-bond donors (Lipinski definition) is 1. The van der Waals surface area contributed by atoms with E-state index in [2.05, 4.69) is 15.3 Å². The van der Waals surface area contributed by atoms with Gasteiger partial charge in [0, 0.05) is 52.2 Å². The lowest BCUT2D eigenvalue weighted by atomic mass is 10.2. The molecular weight excluding hydrogens is 458 g/mol. The average molecular weight is 490 g/mol. The van der Waals surface area contributed by atoms with Gasteiger partial charge in [0.2, 0.25) is 0 Å². The van der Waals surface area contributed by atoms with E-state index in [0.29, 0.717) is 48.6 Å². The van der Waals surface area contributed by atoms with Gasteiger partial charge in [-0.05, 0) is 43.0 Å². The summed E-state index contributed by atoms with van der Waals surface area (Å²) in [6, 6.07) is 7.46. The molecule has 4 rings (SSSR count). The summed E-state index contributed by atoms with van der Waals surface area (Å²) in [5.41, 5.74) is 2.47. The Labute approximate surface area is 204 Å². The van der Waals surface area contributed by atoms with Gasteiger partial charge < -0.3 is 19.7 Å². The molecule has 34 heavy (non-hydrogen) atoms. The molecule has 1 saturated heterocycles. The number of carbonyl (C=O) groups is 2. The summed E-state index contributed by atoms with van der Waals surface area (Å²) in [5.74, 6) is 0.995. The number of aromatic nitrogens is 2. The molecule has 1 N–H and O–H groups in total. The number of nitrogens with one attached hydrogen (secondary N) is 1. The number of hydrogen-bond acceptors (Lipinski definition) is 6. The van der Waals surface area contributed by atoms with Crippen molar-refractivity contribution in [2.75, 3.05) is 46.4 Å². The van der Waals surface area contributed by atoms with E-state index in [1.54, 1.807) is 16.6 Å². The average Bonchev–Trinajstić information content (AvgIpc) is 3.62. The lowest BCUT2D eigenvalue weighted by Crippen LogP contribution is -2.48. The maximum atomic E-state index is 12.6. The largest absolute Gasteiger partial charge is 0.492 e. The zero-order valence-electron chi connectivity index (χ0n) is 19.8. The highest BCUT2D eigenvalue weighted by Gasteiger charge is 2.28. The van der Waals surface area contributed by atoms with Crippen LogP contribution in [-0.2, 0) is 18.3 Å². The van der Waals surface area contributed by atoms with Crippen LogP contribution in [0.3, 0.4) is 0 Å². The standard InChI is InChI=1S/C24H32ClN5O4/c1-28-21(15-20(27-28)18-5-6-18)23(31)26-16-17-4-7-22(19(25)14-17)34-13-3-8-29-9-11-30(12-10-29)24(32)33-2/h4,7,14-15,18H,3,5-6,8-13,16H2,1-2H3,(H,26,31). The van der Waals surface area contributed by atoms with E-state index in [0.717, 1.165) is 50.2 Å². The fraction of sp³-hybridized carbons (Fsp3) is 0.542. The second kappa shape index (κ2) is 11.1. The number of carbonyl (C=O) groups excluding carboxylic acids is 2. The second-order valence-electron chi connectivity index (χ2n) is 8.80. The van der Waals surface area contributed by atoms with Crippen molar-refractivity contribution >= 4 is 23.6 Å². The van der Waals surface area contributed by atoms with E-state index >= 15 is 0 Å². The van der Waals surface area contributed by atoms with Crippen molar-refractivity contribution in [3.05, 3.63) is 46.2 Å². The van der Waals surface area contributed by atoms with Crippen molar-refractivity contribution in [1.82, 2.24) is 24.9 Å². The number of nitrogens with zero attached hydrogens (tertiary/aromatic N) is 4. The minimum absolute atomic E-state index is 0.147. The van der Waals surface area contributed by atoms with Crippen molar-refractivity contribution < 1.29 is 19.1 Å². The highest BCUT2D eigenvalue weighted by Crippen LogP contribution is 2.39. The molecule has 0 bridgehead atoms. The van der Waals surface area contributed by atoms with Crippen LogP contribution < -0.4 is 10.1 Å². The van der Waals surface area contributed by atoms with E-state index < -0.39 is 0 Å². The molecule has 2 amide bonds. The van der Waals surface area contributed by atoms with Crippen molar-refractivity contribution in [3.63, 3.8) is 0 Å². The van der Waals surface area contributed by atoms with Crippen LogP contribution in [0.15, 0.2) is 24.3 Å². The van der Waals surface area contributed by atoms with Gasteiger partial charge in [-0.25, -0.2) is 4.79 Å². The normalized spacial score (nSPS) is 16.4. The predicted octanol–water partition coefficient (Wildman–Crippen LogP) is 3.03. The maximum Gasteiger partial charge on any atom is 0.409 e. The topological polar surface area (TPSA) is 88.9 Å². The molecule has 2 aromatic rings. The first-order valence-corrected chi connectivity index (χ1v) is 12.1. The van der Waals surface area contributed by atoms with Gasteiger partial charge in [0.15, 0.2) is 0 Å². The molecule has 1 aliphatic carbocycles. The Bertz CT molecular complexity index is 1010. The summed E-state index contributed by atoms with van der Waals surface area (Å²) in [6.07, 6.45) is 2.90. The molecule has 0 unspecified atom stereocenters. The molecule has 2 fully saturated rings. The Morgan fingerprint density at radius 2 is 1.94 bits per heavy atom. The van der Waals surface area contributed by atoms with Crippen LogP contribution >= 0.6 is 11.6 Å². The van der Waals surface area contributed by atoms with Gasteiger partial charge in [-0.1, -0.05) is 17.7 Å². The summed E-state index contributed by atoms with van der Waals surface area (Å²) in [6.45, 7) is 4.84. The van der Waals surface area contributed by atoms with Crippen molar-refractivity contribution in [2.45, 2.75) is 31.7 Å². The number of ether oxygens (including phenoxy) is 2. The maximum absolute atomic E-state index is 12.6. The Morgan fingerprint density at radius 1 is 1.18 bits per heavy atom. The zero-order valence-corrected chi connectivity index (χ0v) is 20.5. The summed E-state index contributed by atoms with van der Waals surface area (Å²) < 4.78 is 12.3. The molecule has 184 valence electrons. The third-order valence-corrected chi connectivity index (χ3v) is 6.55. The van der Waals surface area contributed by atoms with Crippen LogP contribution in [0, 0.1) is 0 Å². The molecule has 1 aromatic heterocycles. The van der Waals surface area contributed by atoms with Gasteiger partial charge in [-0.3, -0.25) is 14.4 Å². The highest BCUT2D eigenvalue weighted by molar-refractivity contribution is 6.32. The van der Waals surface area contributed by atoms with Crippen LogP contribution in [0.5, 0.6) is 5.75 Å². The first kappa shape index (κ1) is 24.3. The molecule has 1 aromatic carbocycles. The molecular formula is C24H32ClN5O4. The fourth-order valence-electron chi connectivity index (χ4n) is 4.08. The lowest BCUT2D eigenvalue weighted by molar-refractivity contribution is 0.0890. The highest BCUT2D eigenvalue weighted by atomic mass is 35.5. The van der Waals surface area contributed by atoms with Crippen LogP contribution in [0.25, 0.3) is 0 Å². The van der Waals surface area contributed by atoms with Gasteiger partial charge in [-0.15, -0.1) is 0 Å². The summed E-state index contributed by atoms with van der Waals surface area (Å²) >= 11 is 6.41. The molecule has 0 radical (unpaired) electrons. The van der Waals surface area contributed by atoms with Crippen LogP contribution in [-0.4, -0.2) is 78.0 Å². The molecule has 1 saturated carbocycles. The molecule has 0 spiro atoms. The molecule has 0 atom stereocenters. The zero-order chi connectivity index (χ0) is 24.1. The smallest absolute Gasteiger partial charge is 0.409 e. The Kier molecular flexibility index (Phi) is 7.95. The number of aryl methyl sites for hydroxylation is 1. The number of rotatable bonds is 9. The SMILES string of the molecule is COC(=O)N1CCN(CCCOc2ccc(CNC(=O)c3cc(C4CC4)nn3C)cc2Cl)CC1. The number of amides is 2. The molecule has 1 aliphatic heterocycles. The van der Waals surface area contributed by atoms with Crippen LogP contribution in [0.2, 0.25) is 5.02 Å². The minimum Gasteiger partial charge on any atom is -0.492 e. The van der Waals surface area contributed by atoms with E-state index in [9.17, 15) is 9.59 Å². The van der Waals surface area contributed by atoms with E-state index in [1.807, 2.05) is 24.3 Å². The first-order valence-electron chi connectivity index (χ1n) is 11.7. The third-order valence-electron chi connectivity index (χ3n) is 6.26. The Hall–Kier alpha value is -2.78. The molecule has 2 heterocycles. The van der Waals surface area contributed by atoms with Crippen molar-refractivity contribution in [3.8, 4) is 5.75 Å². The van der Waals surface area contributed by atoms with Crippen LogP contribution in [0.4, 0.5) is 4.79 Å². The number of halogens is 1. The van der Waals surface area contributed by atoms with Gasteiger partial charge in [-0.2, -0.15) is 5.10 Å². The van der Waals surface area contributed by atoms with Gasteiger partial charge in [0.25, 0.3) is 5.91 Å². The summed E-state index contributed by atoms with van der Waals surface area (Å²) in [7, 11) is 3.21. The monoisotopic (exact) mass is 489 g/mol. The van der Waals surface area contributed by atoms with Gasteiger partial charge in [0.1, 0.15) is 11.4 Å². The van der Waals surface area contributed by atoms with Crippen molar-refractivity contribution in [2.24, 2.45) is 7.05 Å². The van der Waals surface area contributed by atoms with E-state index in [4.69, 9.17) is 21.1 Å². The van der Waals surface area contributed by atoms with Gasteiger partial charge in [0.05, 0.1) is 24.4 Å². The third kappa shape index (κ3) is 6.21. The molecule has 2 aliphatic rings. The van der Waals surface area contributed by atoms with Gasteiger partial charge >= 0.3 is 6.09 Å². The quantitative estimate of drug-likeness (QED) is 0.545. The number of piperazine rings is 1. The lowest BCUT2D eigenvalue weighted by Gasteiger charge is -2.33. The fourth-order valence-corrected chi connectivity index (χ4v) is 4.34. The van der Waals surface area contributed by atoms with E-state index in [-0.39, 0.29) is 12.0 Å².